The monoisotopic (exact) mass is 361 g/mol. The maximum atomic E-state index is 13.8. The zero-order valence-electron chi connectivity index (χ0n) is 14.6. The van der Waals surface area contributed by atoms with Gasteiger partial charge in [-0.1, -0.05) is 24.3 Å². The fourth-order valence-corrected chi connectivity index (χ4v) is 2.85. The maximum Gasteiger partial charge on any atom is 0.352 e. The first-order valence-electron chi connectivity index (χ1n) is 8.40. The summed E-state index contributed by atoms with van der Waals surface area (Å²) in [6, 6.07) is 15.1. The molecule has 4 aromatic rings. The Morgan fingerprint density at radius 3 is 2.67 bits per heavy atom. The second kappa shape index (κ2) is 6.95. The van der Waals surface area contributed by atoms with Crippen molar-refractivity contribution < 1.29 is 4.39 Å². The van der Waals surface area contributed by atoms with Crippen molar-refractivity contribution in [1.82, 2.24) is 24.3 Å². The highest BCUT2D eigenvalue weighted by Gasteiger charge is 2.18. The number of rotatable bonds is 4. The van der Waals surface area contributed by atoms with Crippen molar-refractivity contribution in [1.29, 1.82) is 0 Å². The Labute approximate surface area is 154 Å². The molecule has 0 N–H and O–H groups in total. The van der Waals surface area contributed by atoms with E-state index in [1.165, 1.54) is 21.4 Å². The summed E-state index contributed by atoms with van der Waals surface area (Å²) < 4.78 is 16.5. The van der Waals surface area contributed by atoms with Gasteiger partial charge in [-0.2, -0.15) is 0 Å². The summed E-state index contributed by atoms with van der Waals surface area (Å²) in [5.41, 5.74) is 1.76. The summed E-state index contributed by atoms with van der Waals surface area (Å²) >= 11 is 0. The fourth-order valence-electron chi connectivity index (χ4n) is 2.85. The van der Waals surface area contributed by atoms with E-state index in [4.69, 9.17) is 0 Å². The Kier molecular flexibility index (Phi) is 4.33. The lowest BCUT2D eigenvalue weighted by atomic mass is 10.2. The lowest BCUT2D eigenvalue weighted by Crippen LogP contribution is -2.25. The number of benzene rings is 1. The Balaban J connectivity index is 1.91. The van der Waals surface area contributed by atoms with Gasteiger partial charge in [-0.3, -0.25) is 4.98 Å². The summed E-state index contributed by atoms with van der Waals surface area (Å²) in [4.78, 5) is 21.6. The van der Waals surface area contributed by atoms with Gasteiger partial charge < -0.3 is 0 Å². The van der Waals surface area contributed by atoms with Crippen LogP contribution in [0.15, 0.2) is 71.8 Å². The molecule has 0 spiro atoms. The molecule has 0 saturated heterocycles. The van der Waals surface area contributed by atoms with E-state index in [0.29, 0.717) is 17.2 Å². The van der Waals surface area contributed by atoms with E-state index in [1.807, 2.05) is 25.1 Å². The van der Waals surface area contributed by atoms with Crippen LogP contribution >= 0.6 is 0 Å². The maximum absolute atomic E-state index is 13.8. The van der Waals surface area contributed by atoms with Crippen LogP contribution in [0.25, 0.3) is 17.2 Å². The van der Waals surface area contributed by atoms with Gasteiger partial charge in [-0.25, -0.2) is 23.4 Å². The van der Waals surface area contributed by atoms with Crippen molar-refractivity contribution in [2.24, 2.45) is 0 Å². The van der Waals surface area contributed by atoms with Gasteiger partial charge in [0.05, 0.1) is 6.54 Å². The highest BCUT2D eigenvalue weighted by atomic mass is 19.1. The molecule has 0 unspecified atom stereocenters. The molecule has 3 heterocycles. The fraction of sp³-hybridized carbons (Fsp3) is 0.100. The van der Waals surface area contributed by atoms with Gasteiger partial charge in [0.1, 0.15) is 11.6 Å². The van der Waals surface area contributed by atoms with E-state index in [1.54, 1.807) is 36.7 Å². The molecule has 0 fully saturated rings. The highest BCUT2D eigenvalue weighted by molar-refractivity contribution is 5.57. The number of pyridine rings is 2. The van der Waals surface area contributed by atoms with Crippen molar-refractivity contribution >= 4 is 0 Å². The number of nitrogens with zero attached hydrogens (tertiary/aromatic N) is 5. The number of aromatic nitrogens is 5. The number of hydrogen-bond acceptors (Lipinski definition) is 4. The normalized spacial score (nSPS) is 10.9. The Bertz CT molecular complexity index is 1150. The molecule has 1 aromatic carbocycles. The largest absolute Gasteiger partial charge is 0.352 e. The van der Waals surface area contributed by atoms with Crippen molar-refractivity contribution in [3.05, 3.63) is 94.5 Å². The van der Waals surface area contributed by atoms with Gasteiger partial charge in [0.2, 0.25) is 0 Å². The third-order valence-electron chi connectivity index (χ3n) is 4.08. The van der Waals surface area contributed by atoms with Crippen LogP contribution in [0, 0.1) is 12.7 Å². The molecule has 0 amide bonds. The molecule has 0 atom stereocenters. The topological polar surface area (TPSA) is 65.6 Å². The van der Waals surface area contributed by atoms with Crippen molar-refractivity contribution in [2.75, 3.05) is 0 Å². The second-order valence-corrected chi connectivity index (χ2v) is 6.11. The van der Waals surface area contributed by atoms with E-state index in [-0.39, 0.29) is 12.2 Å². The summed E-state index contributed by atoms with van der Waals surface area (Å²) in [6.07, 6.45) is 3.35. The summed E-state index contributed by atoms with van der Waals surface area (Å²) in [5.74, 6) is 0.378. The standard InChI is InChI=1S/C20H16FN5O/c1-14-5-2-9-18(23-14)26-19(16-7-3-8-17(21)11-16)24-25(20(26)27)13-15-6-4-10-22-12-15/h2-12H,13H2,1H3. The van der Waals surface area contributed by atoms with E-state index in [2.05, 4.69) is 15.1 Å². The van der Waals surface area contributed by atoms with Gasteiger partial charge in [0.15, 0.2) is 5.82 Å². The van der Waals surface area contributed by atoms with Gasteiger partial charge in [-0.15, -0.1) is 5.10 Å². The summed E-state index contributed by atoms with van der Waals surface area (Å²) in [5, 5.41) is 4.46. The molecule has 134 valence electrons. The molecule has 3 aromatic heterocycles. The van der Waals surface area contributed by atoms with Gasteiger partial charge >= 0.3 is 5.69 Å². The molecule has 0 aliphatic carbocycles. The highest BCUT2D eigenvalue weighted by Crippen LogP contribution is 2.20. The van der Waals surface area contributed by atoms with Crippen LogP contribution in [-0.2, 0) is 6.54 Å². The molecular formula is C20H16FN5O. The minimum absolute atomic E-state index is 0.258. The molecule has 0 aliphatic heterocycles. The SMILES string of the molecule is Cc1cccc(-n2c(-c3cccc(F)c3)nn(Cc3cccnc3)c2=O)n1. The minimum Gasteiger partial charge on any atom is -0.264 e. The van der Waals surface area contributed by atoms with Gasteiger partial charge in [-0.05, 0) is 42.8 Å². The van der Waals surface area contributed by atoms with E-state index in [0.717, 1.165) is 11.3 Å². The average Bonchev–Trinajstić information content (AvgIpc) is 2.99. The predicted molar refractivity (Wildman–Crippen MR) is 99.1 cm³/mol. The first kappa shape index (κ1) is 16.8. The van der Waals surface area contributed by atoms with Gasteiger partial charge in [0, 0.05) is 23.7 Å². The number of aryl methyl sites for hydroxylation is 1. The van der Waals surface area contributed by atoms with Crippen molar-refractivity contribution in [3.63, 3.8) is 0 Å². The van der Waals surface area contributed by atoms with Crippen LogP contribution in [0.3, 0.4) is 0 Å². The van der Waals surface area contributed by atoms with Crippen LogP contribution in [0.5, 0.6) is 0 Å². The Morgan fingerprint density at radius 1 is 1.07 bits per heavy atom. The molecule has 0 saturated carbocycles. The third kappa shape index (κ3) is 3.39. The van der Waals surface area contributed by atoms with Crippen LogP contribution < -0.4 is 5.69 Å². The first-order chi connectivity index (χ1) is 13.1. The molecule has 4 rings (SSSR count). The predicted octanol–water partition coefficient (Wildman–Crippen LogP) is 2.99. The molecule has 6 nitrogen and oxygen atoms in total. The quantitative estimate of drug-likeness (QED) is 0.560. The summed E-state index contributed by atoms with van der Waals surface area (Å²) in [6.45, 7) is 2.10. The Morgan fingerprint density at radius 2 is 1.93 bits per heavy atom. The van der Waals surface area contributed by atoms with Crippen LogP contribution in [0.2, 0.25) is 0 Å². The Hall–Kier alpha value is -3.61. The number of halogens is 1. The van der Waals surface area contributed by atoms with E-state index < -0.39 is 5.82 Å². The zero-order chi connectivity index (χ0) is 18.8. The molecule has 0 aliphatic rings. The zero-order valence-corrected chi connectivity index (χ0v) is 14.6. The van der Waals surface area contributed by atoms with Crippen LogP contribution in [0.1, 0.15) is 11.3 Å². The van der Waals surface area contributed by atoms with E-state index in [9.17, 15) is 9.18 Å². The molecular weight excluding hydrogens is 345 g/mol. The molecule has 7 heteroatoms. The van der Waals surface area contributed by atoms with Crippen LogP contribution in [0.4, 0.5) is 4.39 Å². The summed E-state index contributed by atoms with van der Waals surface area (Å²) in [7, 11) is 0. The number of hydrogen-bond donors (Lipinski definition) is 0. The minimum atomic E-state index is -0.398. The lowest BCUT2D eigenvalue weighted by molar-refractivity contribution is 0.628. The average molecular weight is 361 g/mol. The molecule has 27 heavy (non-hydrogen) atoms. The lowest BCUT2D eigenvalue weighted by Gasteiger charge is -2.05. The van der Waals surface area contributed by atoms with E-state index >= 15 is 0 Å². The smallest absolute Gasteiger partial charge is 0.264 e. The van der Waals surface area contributed by atoms with Crippen LogP contribution in [-0.4, -0.2) is 24.3 Å². The third-order valence-corrected chi connectivity index (χ3v) is 4.08. The second-order valence-electron chi connectivity index (χ2n) is 6.11. The van der Waals surface area contributed by atoms with Gasteiger partial charge in [0.25, 0.3) is 0 Å². The molecule has 0 radical (unpaired) electrons. The molecule has 0 bridgehead atoms. The van der Waals surface area contributed by atoms with Crippen molar-refractivity contribution in [2.45, 2.75) is 13.5 Å². The van der Waals surface area contributed by atoms with Crippen molar-refractivity contribution in [3.8, 4) is 17.2 Å². The first-order valence-corrected chi connectivity index (χ1v) is 8.40.